The number of H-pyrrole nitrogens is 1. The van der Waals surface area contributed by atoms with Crippen LogP contribution >= 0.6 is 0 Å². The average Bonchev–Trinajstić information content (AvgIpc) is 3.32. The molecule has 2 aromatic rings. The van der Waals surface area contributed by atoms with Crippen LogP contribution in [0, 0.1) is 0 Å². The van der Waals surface area contributed by atoms with Crippen molar-refractivity contribution in [1.29, 1.82) is 0 Å². The van der Waals surface area contributed by atoms with Gasteiger partial charge >= 0.3 is 0 Å². The number of aromatic amines is 1. The molecule has 7 nitrogen and oxygen atoms in total. The maximum atomic E-state index is 12.8. The van der Waals surface area contributed by atoms with Crippen LogP contribution in [0.4, 0.5) is 5.82 Å². The van der Waals surface area contributed by atoms with Crippen LogP contribution in [0.2, 0.25) is 0 Å². The molecule has 25 heavy (non-hydrogen) atoms. The van der Waals surface area contributed by atoms with E-state index in [0.717, 1.165) is 43.9 Å². The highest BCUT2D eigenvalue weighted by Gasteiger charge is 2.29. The molecule has 1 saturated heterocycles. The predicted molar refractivity (Wildman–Crippen MR) is 97.5 cm³/mol. The van der Waals surface area contributed by atoms with Crippen molar-refractivity contribution in [3.8, 4) is 0 Å². The lowest BCUT2D eigenvalue weighted by Gasteiger charge is -2.35. The lowest BCUT2D eigenvalue weighted by Crippen LogP contribution is -2.46. The standard InChI is InChI=1S/C18H28N6O/c1-4-13(2)24-17(8-10-20-24)21-18(25)14(3)23-11-5-6-15(12-23)16-7-9-19-22-16/h7-10,13-15H,4-6,11-12H2,1-3H3,(H,19,22)(H,21,25)/t13-,14-,15-/m0/s1. The van der Waals surface area contributed by atoms with Gasteiger partial charge in [-0.2, -0.15) is 10.2 Å². The van der Waals surface area contributed by atoms with Crippen LogP contribution in [-0.4, -0.2) is 49.9 Å². The first-order chi connectivity index (χ1) is 12.1. The van der Waals surface area contributed by atoms with Crippen molar-refractivity contribution in [1.82, 2.24) is 24.9 Å². The summed E-state index contributed by atoms with van der Waals surface area (Å²) in [5.41, 5.74) is 1.16. The van der Waals surface area contributed by atoms with Crippen molar-refractivity contribution >= 4 is 11.7 Å². The Morgan fingerprint density at radius 3 is 2.96 bits per heavy atom. The average molecular weight is 344 g/mol. The number of carbonyl (C=O) groups excluding carboxylic acids is 1. The predicted octanol–water partition coefficient (Wildman–Crippen LogP) is 2.78. The lowest BCUT2D eigenvalue weighted by molar-refractivity contribution is -0.121. The Morgan fingerprint density at radius 1 is 1.40 bits per heavy atom. The molecule has 0 aliphatic carbocycles. The number of amides is 1. The van der Waals surface area contributed by atoms with E-state index < -0.39 is 0 Å². The fraction of sp³-hybridized carbons (Fsp3) is 0.611. The Hall–Kier alpha value is -2.15. The van der Waals surface area contributed by atoms with Crippen molar-refractivity contribution in [3.05, 3.63) is 30.2 Å². The molecule has 1 amide bonds. The Kier molecular flexibility index (Phi) is 5.53. The molecule has 0 bridgehead atoms. The summed E-state index contributed by atoms with van der Waals surface area (Å²) in [6.07, 6.45) is 6.72. The molecular formula is C18H28N6O. The summed E-state index contributed by atoms with van der Waals surface area (Å²) >= 11 is 0. The second-order valence-electron chi connectivity index (χ2n) is 6.93. The van der Waals surface area contributed by atoms with Gasteiger partial charge in [0.15, 0.2) is 0 Å². The normalized spacial score (nSPS) is 21.0. The largest absolute Gasteiger partial charge is 0.310 e. The lowest BCUT2D eigenvalue weighted by atomic mass is 9.94. The molecule has 7 heteroatoms. The van der Waals surface area contributed by atoms with Gasteiger partial charge in [0.1, 0.15) is 5.82 Å². The summed E-state index contributed by atoms with van der Waals surface area (Å²) in [6.45, 7) is 8.02. The van der Waals surface area contributed by atoms with E-state index in [1.807, 2.05) is 23.7 Å². The molecule has 2 aromatic heterocycles. The summed E-state index contributed by atoms with van der Waals surface area (Å²) in [5, 5.41) is 14.5. The Bertz CT molecular complexity index is 680. The van der Waals surface area contributed by atoms with Crippen LogP contribution in [0.3, 0.4) is 0 Å². The summed E-state index contributed by atoms with van der Waals surface area (Å²) in [5.74, 6) is 1.21. The molecular weight excluding hydrogens is 316 g/mol. The number of carbonyl (C=O) groups is 1. The number of rotatable bonds is 6. The molecule has 1 aliphatic rings. The Morgan fingerprint density at radius 2 is 2.24 bits per heavy atom. The molecule has 3 atom stereocenters. The number of anilines is 1. The number of nitrogens with one attached hydrogen (secondary N) is 2. The fourth-order valence-electron chi connectivity index (χ4n) is 3.44. The number of hydrogen-bond donors (Lipinski definition) is 2. The minimum atomic E-state index is -0.175. The molecule has 136 valence electrons. The van der Waals surface area contributed by atoms with E-state index in [9.17, 15) is 4.79 Å². The van der Waals surface area contributed by atoms with Crippen LogP contribution in [0.1, 0.15) is 57.7 Å². The highest BCUT2D eigenvalue weighted by molar-refractivity contribution is 5.93. The van der Waals surface area contributed by atoms with Gasteiger partial charge in [-0.1, -0.05) is 6.92 Å². The Balaban J connectivity index is 1.63. The third kappa shape index (κ3) is 3.92. The van der Waals surface area contributed by atoms with Gasteiger partial charge in [0.05, 0.1) is 18.3 Å². The van der Waals surface area contributed by atoms with Gasteiger partial charge in [-0.3, -0.25) is 14.8 Å². The zero-order valence-corrected chi connectivity index (χ0v) is 15.3. The summed E-state index contributed by atoms with van der Waals surface area (Å²) in [7, 11) is 0. The molecule has 1 aliphatic heterocycles. The van der Waals surface area contributed by atoms with E-state index in [4.69, 9.17) is 0 Å². The first-order valence-electron chi connectivity index (χ1n) is 9.17. The third-order valence-electron chi connectivity index (χ3n) is 5.27. The second-order valence-corrected chi connectivity index (χ2v) is 6.93. The minimum absolute atomic E-state index is 0.0234. The monoisotopic (exact) mass is 344 g/mol. The zero-order chi connectivity index (χ0) is 17.8. The maximum absolute atomic E-state index is 12.8. The van der Waals surface area contributed by atoms with Crippen LogP contribution in [0.15, 0.2) is 24.5 Å². The number of likely N-dealkylation sites (tertiary alicyclic amines) is 1. The van der Waals surface area contributed by atoms with E-state index >= 15 is 0 Å². The van der Waals surface area contributed by atoms with Crippen LogP contribution < -0.4 is 5.32 Å². The van der Waals surface area contributed by atoms with Gasteiger partial charge in [-0.25, -0.2) is 4.68 Å². The number of piperidine rings is 1. The molecule has 3 rings (SSSR count). The topological polar surface area (TPSA) is 78.8 Å². The van der Waals surface area contributed by atoms with Crippen molar-refractivity contribution in [2.45, 2.75) is 58.0 Å². The first-order valence-corrected chi connectivity index (χ1v) is 9.17. The van der Waals surface area contributed by atoms with E-state index in [0.29, 0.717) is 5.92 Å². The molecule has 0 aromatic carbocycles. The summed E-state index contributed by atoms with van der Waals surface area (Å²) in [6, 6.07) is 3.98. The van der Waals surface area contributed by atoms with Crippen LogP contribution in [-0.2, 0) is 4.79 Å². The smallest absolute Gasteiger partial charge is 0.242 e. The highest BCUT2D eigenvalue weighted by Crippen LogP contribution is 2.26. The molecule has 1 fully saturated rings. The SMILES string of the molecule is CC[C@H](C)n1nccc1NC(=O)[C@H](C)N1CCC[C@H](c2ccn[nH]2)C1. The molecule has 3 heterocycles. The number of aromatic nitrogens is 4. The third-order valence-corrected chi connectivity index (χ3v) is 5.27. The van der Waals surface area contributed by atoms with Crippen molar-refractivity contribution < 1.29 is 4.79 Å². The van der Waals surface area contributed by atoms with Gasteiger partial charge in [-0.05, 0) is 45.7 Å². The van der Waals surface area contributed by atoms with Crippen molar-refractivity contribution in [2.24, 2.45) is 0 Å². The Labute approximate surface area is 148 Å². The van der Waals surface area contributed by atoms with E-state index in [-0.39, 0.29) is 18.0 Å². The quantitative estimate of drug-likeness (QED) is 0.844. The van der Waals surface area contributed by atoms with E-state index in [1.165, 1.54) is 0 Å². The van der Waals surface area contributed by atoms with Crippen molar-refractivity contribution in [3.63, 3.8) is 0 Å². The van der Waals surface area contributed by atoms with E-state index in [2.05, 4.69) is 39.4 Å². The van der Waals surface area contributed by atoms with Gasteiger partial charge in [0.2, 0.25) is 5.91 Å². The number of nitrogens with zero attached hydrogens (tertiary/aromatic N) is 4. The second kappa shape index (κ2) is 7.82. The highest BCUT2D eigenvalue weighted by atomic mass is 16.2. The summed E-state index contributed by atoms with van der Waals surface area (Å²) in [4.78, 5) is 15.0. The maximum Gasteiger partial charge on any atom is 0.242 e. The van der Waals surface area contributed by atoms with Gasteiger partial charge in [0.25, 0.3) is 0 Å². The molecule has 0 spiro atoms. The molecule has 0 radical (unpaired) electrons. The van der Waals surface area contributed by atoms with Gasteiger partial charge in [-0.15, -0.1) is 0 Å². The van der Waals surface area contributed by atoms with Crippen molar-refractivity contribution in [2.75, 3.05) is 18.4 Å². The molecule has 0 unspecified atom stereocenters. The molecule has 2 N–H and O–H groups in total. The van der Waals surface area contributed by atoms with Crippen LogP contribution in [0.25, 0.3) is 0 Å². The van der Waals surface area contributed by atoms with Gasteiger partial charge < -0.3 is 5.32 Å². The summed E-state index contributed by atoms with van der Waals surface area (Å²) < 4.78 is 1.88. The number of hydrogen-bond acceptors (Lipinski definition) is 4. The van der Waals surface area contributed by atoms with E-state index in [1.54, 1.807) is 12.4 Å². The first kappa shape index (κ1) is 17.7. The zero-order valence-electron chi connectivity index (χ0n) is 15.3. The minimum Gasteiger partial charge on any atom is -0.310 e. The fourth-order valence-corrected chi connectivity index (χ4v) is 3.44. The van der Waals surface area contributed by atoms with Crippen LogP contribution in [0.5, 0.6) is 0 Å². The molecule has 0 saturated carbocycles. The van der Waals surface area contributed by atoms with Gasteiger partial charge in [0, 0.05) is 30.4 Å².